The van der Waals surface area contributed by atoms with E-state index in [1.165, 1.54) is 25.7 Å². The van der Waals surface area contributed by atoms with Gasteiger partial charge in [-0.1, -0.05) is 20.8 Å². The Morgan fingerprint density at radius 1 is 1.04 bits per heavy atom. The van der Waals surface area contributed by atoms with E-state index in [9.17, 15) is 20.1 Å². The highest BCUT2D eigenvalue weighted by molar-refractivity contribution is 5.64. The zero-order valence-electron chi connectivity index (χ0n) is 17.9. The number of aliphatic hydroxyl groups excluding tert-OH is 2. The van der Waals surface area contributed by atoms with Crippen molar-refractivity contribution in [3.8, 4) is 0 Å². The van der Waals surface area contributed by atoms with Gasteiger partial charge in [0.2, 0.25) is 0 Å². The number of carboxylic acids is 1. The standard InChI is InChI=1S/C24H40O4/c1-14(4-7-21(27)28)17-5-6-18-22-19(9-11-24(17,18)3)23(2)10-8-16(25)12-15(23)13-20(22)26/h14-20,22,25-26H,4-13H2,1-3H3,(H,27,28)/p-1/t14-,15-,16+,17+,18-,19-,20+,22+,23-,24+/m0/s1. The van der Waals surface area contributed by atoms with Gasteiger partial charge in [-0.3, -0.25) is 0 Å². The molecule has 10 atom stereocenters. The Kier molecular flexibility index (Phi) is 5.36. The van der Waals surface area contributed by atoms with Crippen LogP contribution in [0.25, 0.3) is 0 Å². The molecule has 160 valence electrons. The van der Waals surface area contributed by atoms with Crippen LogP contribution in [-0.2, 0) is 4.79 Å². The lowest BCUT2D eigenvalue weighted by atomic mass is 9.43. The van der Waals surface area contributed by atoms with Crippen LogP contribution in [0.3, 0.4) is 0 Å². The van der Waals surface area contributed by atoms with Gasteiger partial charge in [0, 0.05) is 5.97 Å². The summed E-state index contributed by atoms with van der Waals surface area (Å²) in [5.41, 5.74) is 0.494. The van der Waals surface area contributed by atoms with Crippen molar-refractivity contribution in [1.82, 2.24) is 0 Å². The summed E-state index contributed by atoms with van der Waals surface area (Å²) in [4.78, 5) is 10.9. The lowest BCUT2D eigenvalue weighted by Gasteiger charge is -2.62. The second-order valence-electron chi connectivity index (χ2n) is 11.3. The lowest BCUT2D eigenvalue weighted by Crippen LogP contribution is -2.58. The first-order valence-electron chi connectivity index (χ1n) is 11.7. The van der Waals surface area contributed by atoms with E-state index >= 15 is 0 Å². The topological polar surface area (TPSA) is 80.6 Å². The lowest BCUT2D eigenvalue weighted by molar-refractivity contribution is -0.306. The fourth-order valence-corrected chi connectivity index (χ4v) is 8.72. The van der Waals surface area contributed by atoms with Gasteiger partial charge < -0.3 is 20.1 Å². The Morgan fingerprint density at radius 3 is 2.43 bits per heavy atom. The number of aliphatic hydroxyl groups is 2. The highest BCUT2D eigenvalue weighted by atomic mass is 16.4. The molecule has 0 aromatic rings. The smallest absolute Gasteiger partial charge is 0.0577 e. The minimum atomic E-state index is -0.934. The van der Waals surface area contributed by atoms with Gasteiger partial charge in [-0.15, -0.1) is 0 Å². The monoisotopic (exact) mass is 391 g/mol. The molecule has 28 heavy (non-hydrogen) atoms. The molecule has 4 saturated carbocycles. The van der Waals surface area contributed by atoms with Crippen LogP contribution in [-0.4, -0.2) is 28.4 Å². The molecule has 0 spiro atoms. The average Bonchev–Trinajstić information content (AvgIpc) is 2.98. The Balaban J connectivity index is 1.55. The van der Waals surface area contributed by atoms with Gasteiger partial charge in [0.15, 0.2) is 0 Å². The van der Waals surface area contributed by atoms with E-state index in [0.29, 0.717) is 41.9 Å². The molecule has 0 amide bonds. The minimum Gasteiger partial charge on any atom is -0.550 e. The second kappa shape index (κ2) is 7.27. The van der Waals surface area contributed by atoms with Gasteiger partial charge in [-0.25, -0.2) is 0 Å². The summed E-state index contributed by atoms with van der Waals surface area (Å²) in [6.07, 6.45) is 8.91. The fourth-order valence-electron chi connectivity index (χ4n) is 8.72. The van der Waals surface area contributed by atoms with Crippen molar-refractivity contribution >= 4 is 5.97 Å². The molecule has 4 aliphatic rings. The van der Waals surface area contributed by atoms with Gasteiger partial charge >= 0.3 is 0 Å². The molecule has 0 aromatic carbocycles. The fraction of sp³-hybridized carbons (Fsp3) is 0.958. The van der Waals surface area contributed by atoms with Crippen molar-refractivity contribution < 1.29 is 20.1 Å². The Hall–Kier alpha value is -0.610. The molecule has 2 N–H and O–H groups in total. The first-order chi connectivity index (χ1) is 13.2. The summed E-state index contributed by atoms with van der Waals surface area (Å²) >= 11 is 0. The zero-order valence-corrected chi connectivity index (χ0v) is 17.9. The molecule has 0 aliphatic heterocycles. The number of hydrogen-bond acceptors (Lipinski definition) is 4. The number of carbonyl (C=O) groups excluding carboxylic acids is 1. The third kappa shape index (κ3) is 3.14. The number of carboxylic acid groups (broad SMARTS) is 1. The molecule has 4 nitrogen and oxygen atoms in total. The number of carbonyl (C=O) groups is 1. The van der Waals surface area contributed by atoms with Crippen LogP contribution in [0.2, 0.25) is 0 Å². The molecular formula is C24H39O4-. The normalized spacial score (nSPS) is 51.7. The van der Waals surface area contributed by atoms with Gasteiger partial charge in [-0.2, -0.15) is 0 Å². The first kappa shape index (κ1) is 20.7. The largest absolute Gasteiger partial charge is 0.550 e. The molecule has 0 unspecified atom stereocenters. The van der Waals surface area contributed by atoms with Crippen molar-refractivity contribution in [2.24, 2.45) is 46.3 Å². The summed E-state index contributed by atoms with van der Waals surface area (Å²) in [5.74, 6) is 1.99. The second-order valence-corrected chi connectivity index (χ2v) is 11.3. The van der Waals surface area contributed by atoms with E-state index in [-0.39, 0.29) is 29.5 Å². The zero-order chi connectivity index (χ0) is 20.3. The summed E-state index contributed by atoms with van der Waals surface area (Å²) < 4.78 is 0. The molecule has 0 aromatic heterocycles. The highest BCUT2D eigenvalue weighted by Crippen LogP contribution is 2.68. The molecule has 4 rings (SSSR count). The van der Waals surface area contributed by atoms with E-state index in [1.54, 1.807) is 0 Å². The quantitative estimate of drug-likeness (QED) is 0.771. The predicted octanol–water partition coefficient (Wildman–Crippen LogP) is 3.14. The van der Waals surface area contributed by atoms with Gasteiger partial charge in [-0.05, 0) is 111 Å². The van der Waals surface area contributed by atoms with Crippen molar-refractivity contribution in [2.75, 3.05) is 0 Å². The number of hydrogen-bond donors (Lipinski definition) is 2. The molecule has 0 heterocycles. The number of rotatable bonds is 4. The first-order valence-corrected chi connectivity index (χ1v) is 11.7. The van der Waals surface area contributed by atoms with Crippen LogP contribution in [0.4, 0.5) is 0 Å². The van der Waals surface area contributed by atoms with Gasteiger partial charge in [0.25, 0.3) is 0 Å². The van der Waals surface area contributed by atoms with Crippen molar-refractivity contribution in [3.05, 3.63) is 0 Å². The summed E-state index contributed by atoms with van der Waals surface area (Å²) in [5, 5.41) is 32.4. The molecule has 0 radical (unpaired) electrons. The minimum absolute atomic E-state index is 0.162. The van der Waals surface area contributed by atoms with E-state index < -0.39 is 5.97 Å². The van der Waals surface area contributed by atoms with E-state index in [1.807, 2.05) is 0 Å². The van der Waals surface area contributed by atoms with Crippen LogP contribution in [0, 0.1) is 46.3 Å². The van der Waals surface area contributed by atoms with Crippen LogP contribution >= 0.6 is 0 Å². The maximum atomic E-state index is 11.2. The van der Waals surface area contributed by atoms with Gasteiger partial charge in [0.1, 0.15) is 0 Å². The summed E-state index contributed by atoms with van der Waals surface area (Å²) in [6.45, 7) is 7.11. The van der Waals surface area contributed by atoms with Crippen molar-refractivity contribution in [2.45, 2.75) is 97.2 Å². The summed E-state index contributed by atoms with van der Waals surface area (Å²) in [7, 11) is 0. The Bertz CT molecular complexity index is 605. The van der Waals surface area contributed by atoms with Gasteiger partial charge in [0.05, 0.1) is 12.2 Å². The van der Waals surface area contributed by atoms with Crippen LogP contribution in [0.5, 0.6) is 0 Å². The third-order valence-corrected chi connectivity index (χ3v) is 10.2. The number of fused-ring (bicyclic) bond motifs is 5. The van der Waals surface area contributed by atoms with E-state index in [2.05, 4.69) is 20.8 Å². The Labute approximate surface area is 170 Å². The predicted molar refractivity (Wildman–Crippen MR) is 106 cm³/mol. The average molecular weight is 392 g/mol. The van der Waals surface area contributed by atoms with E-state index in [4.69, 9.17) is 0 Å². The van der Waals surface area contributed by atoms with Crippen molar-refractivity contribution in [3.63, 3.8) is 0 Å². The van der Waals surface area contributed by atoms with Crippen LogP contribution in [0.15, 0.2) is 0 Å². The third-order valence-electron chi connectivity index (χ3n) is 10.2. The maximum absolute atomic E-state index is 11.2. The summed E-state index contributed by atoms with van der Waals surface area (Å²) in [6, 6.07) is 0. The van der Waals surface area contributed by atoms with Crippen molar-refractivity contribution in [1.29, 1.82) is 0 Å². The van der Waals surface area contributed by atoms with Crippen LogP contribution < -0.4 is 5.11 Å². The molecule has 4 fully saturated rings. The molecule has 4 aliphatic carbocycles. The molecular weight excluding hydrogens is 352 g/mol. The molecule has 0 saturated heterocycles. The molecule has 0 bridgehead atoms. The van der Waals surface area contributed by atoms with E-state index in [0.717, 1.165) is 25.7 Å². The van der Waals surface area contributed by atoms with Crippen LogP contribution in [0.1, 0.15) is 85.0 Å². The number of aliphatic carboxylic acids is 1. The Morgan fingerprint density at radius 2 is 1.71 bits per heavy atom. The maximum Gasteiger partial charge on any atom is 0.0577 e. The highest BCUT2D eigenvalue weighted by Gasteiger charge is 2.62. The molecule has 4 heteroatoms. The SMILES string of the molecule is C[C@@H](CCC(=O)[O-])[C@H]1CC[C@H]2[C@H]3[C@H](O)C[C@@H]4C[C@H](O)CC[C@]4(C)[C@H]3CC[C@]12C.